The van der Waals surface area contributed by atoms with Crippen molar-refractivity contribution in [2.24, 2.45) is 0 Å². The Kier molecular flexibility index (Phi) is 4.99. The van der Waals surface area contributed by atoms with E-state index in [0.29, 0.717) is 0 Å². The van der Waals surface area contributed by atoms with Crippen LogP contribution in [-0.2, 0) is 10.9 Å². The standard InChI is InChI=1S/C14H11F3N2O3S/c1-2-22-12(21)10-7-23-13(18-10)19-11(20)8-5-3-4-6-9(8)14(15,16)17/h3-7H,2H2,1H3,(H,18,19,20). The van der Waals surface area contributed by atoms with Crippen LogP contribution in [0.15, 0.2) is 29.6 Å². The topological polar surface area (TPSA) is 68.3 Å². The summed E-state index contributed by atoms with van der Waals surface area (Å²) in [6.45, 7) is 1.79. The molecule has 1 aromatic carbocycles. The van der Waals surface area contributed by atoms with Crippen LogP contribution in [0.2, 0.25) is 0 Å². The molecule has 9 heteroatoms. The highest BCUT2D eigenvalue weighted by Gasteiger charge is 2.35. The van der Waals surface area contributed by atoms with Crippen LogP contribution < -0.4 is 5.32 Å². The molecular weight excluding hydrogens is 333 g/mol. The highest BCUT2D eigenvalue weighted by Crippen LogP contribution is 2.32. The number of anilines is 1. The molecule has 23 heavy (non-hydrogen) atoms. The molecule has 0 unspecified atom stereocenters. The molecule has 2 rings (SSSR count). The summed E-state index contributed by atoms with van der Waals surface area (Å²) in [4.78, 5) is 27.3. The van der Waals surface area contributed by atoms with Crippen LogP contribution in [0, 0.1) is 0 Å². The minimum atomic E-state index is -4.65. The fraction of sp³-hybridized carbons (Fsp3) is 0.214. The highest BCUT2D eigenvalue weighted by molar-refractivity contribution is 7.14. The van der Waals surface area contributed by atoms with Crippen LogP contribution >= 0.6 is 11.3 Å². The van der Waals surface area contributed by atoms with Crippen LogP contribution in [0.25, 0.3) is 0 Å². The lowest BCUT2D eigenvalue weighted by Gasteiger charge is -2.11. The van der Waals surface area contributed by atoms with E-state index in [4.69, 9.17) is 4.74 Å². The van der Waals surface area contributed by atoms with Gasteiger partial charge >= 0.3 is 12.1 Å². The molecule has 1 amide bonds. The Balaban J connectivity index is 2.19. The van der Waals surface area contributed by atoms with Crippen molar-refractivity contribution in [1.29, 1.82) is 0 Å². The molecule has 5 nitrogen and oxygen atoms in total. The summed E-state index contributed by atoms with van der Waals surface area (Å²) in [5, 5.41) is 3.61. The fourth-order valence-corrected chi connectivity index (χ4v) is 2.40. The van der Waals surface area contributed by atoms with Crippen LogP contribution in [0.4, 0.5) is 18.3 Å². The third-order valence-electron chi connectivity index (χ3n) is 2.69. The summed E-state index contributed by atoms with van der Waals surface area (Å²) in [6, 6.07) is 4.41. The van der Waals surface area contributed by atoms with Gasteiger partial charge in [0.15, 0.2) is 10.8 Å². The quantitative estimate of drug-likeness (QED) is 0.861. The number of halogens is 3. The Morgan fingerprint density at radius 1 is 1.30 bits per heavy atom. The van der Waals surface area contributed by atoms with Gasteiger partial charge in [-0.1, -0.05) is 12.1 Å². The molecule has 0 spiro atoms. The van der Waals surface area contributed by atoms with Crippen molar-refractivity contribution in [3.8, 4) is 0 Å². The van der Waals surface area contributed by atoms with Gasteiger partial charge in [-0.25, -0.2) is 9.78 Å². The first-order valence-corrected chi connectivity index (χ1v) is 7.31. The zero-order chi connectivity index (χ0) is 17.0. The van der Waals surface area contributed by atoms with E-state index in [1.165, 1.54) is 17.5 Å². The van der Waals surface area contributed by atoms with Crippen molar-refractivity contribution in [3.05, 3.63) is 46.5 Å². The molecule has 1 aromatic heterocycles. The summed E-state index contributed by atoms with van der Waals surface area (Å²) in [5.74, 6) is -1.62. The normalized spacial score (nSPS) is 11.1. The first-order chi connectivity index (χ1) is 10.8. The van der Waals surface area contributed by atoms with Crippen molar-refractivity contribution in [3.63, 3.8) is 0 Å². The molecule has 0 bridgehead atoms. The number of benzene rings is 1. The second-order valence-corrected chi connectivity index (χ2v) is 5.11. The number of hydrogen-bond donors (Lipinski definition) is 1. The number of carbonyl (C=O) groups excluding carboxylic acids is 2. The largest absolute Gasteiger partial charge is 0.461 e. The summed E-state index contributed by atoms with van der Waals surface area (Å²) in [7, 11) is 0. The molecule has 0 fully saturated rings. The molecule has 0 saturated carbocycles. The Labute approximate surface area is 133 Å². The number of rotatable bonds is 4. The Hall–Kier alpha value is -2.42. The van der Waals surface area contributed by atoms with Gasteiger partial charge in [0.25, 0.3) is 5.91 Å². The number of thiazole rings is 1. The Morgan fingerprint density at radius 3 is 2.65 bits per heavy atom. The van der Waals surface area contributed by atoms with Crippen LogP contribution in [0.3, 0.4) is 0 Å². The highest BCUT2D eigenvalue weighted by atomic mass is 32.1. The molecule has 0 saturated heterocycles. The van der Waals surface area contributed by atoms with Gasteiger partial charge in [0, 0.05) is 5.38 Å². The van der Waals surface area contributed by atoms with E-state index >= 15 is 0 Å². The molecule has 0 aliphatic carbocycles. The zero-order valence-corrected chi connectivity index (χ0v) is 12.6. The van der Waals surface area contributed by atoms with E-state index in [1.807, 2.05) is 0 Å². The average molecular weight is 344 g/mol. The predicted octanol–water partition coefficient (Wildman–Crippen LogP) is 3.59. The Morgan fingerprint density at radius 2 is 2.00 bits per heavy atom. The lowest BCUT2D eigenvalue weighted by atomic mass is 10.1. The lowest BCUT2D eigenvalue weighted by Crippen LogP contribution is -2.18. The average Bonchev–Trinajstić information content (AvgIpc) is 2.95. The lowest BCUT2D eigenvalue weighted by molar-refractivity contribution is -0.137. The Bertz CT molecular complexity index is 728. The van der Waals surface area contributed by atoms with Crippen LogP contribution in [0.1, 0.15) is 33.3 Å². The monoisotopic (exact) mass is 344 g/mol. The molecule has 0 radical (unpaired) electrons. The van der Waals surface area contributed by atoms with Crippen molar-refractivity contribution in [2.45, 2.75) is 13.1 Å². The first-order valence-electron chi connectivity index (χ1n) is 6.43. The number of ether oxygens (including phenoxy) is 1. The summed E-state index contributed by atoms with van der Waals surface area (Å²) in [5.41, 5.74) is -1.58. The molecule has 0 aliphatic rings. The second kappa shape index (κ2) is 6.78. The number of aromatic nitrogens is 1. The fourth-order valence-electron chi connectivity index (χ4n) is 1.72. The van der Waals surface area contributed by atoms with Gasteiger partial charge in [-0.3, -0.25) is 10.1 Å². The van der Waals surface area contributed by atoms with Crippen molar-refractivity contribution < 1.29 is 27.5 Å². The first kappa shape index (κ1) is 16.9. The third kappa shape index (κ3) is 4.07. The van der Waals surface area contributed by atoms with Gasteiger partial charge in [-0.2, -0.15) is 13.2 Å². The summed E-state index contributed by atoms with van der Waals surface area (Å²) >= 11 is 0.915. The second-order valence-electron chi connectivity index (χ2n) is 4.26. The number of hydrogen-bond acceptors (Lipinski definition) is 5. The predicted molar refractivity (Wildman–Crippen MR) is 77.5 cm³/mol. The van der Waals surface area contributed by atoms with Gasteiger partial charge in [0.1, 0.15) is 0 Å². The summed E-state index contributed by atoms with van der Waals surface area (Å²) in [6.07, 6.45) is -4.65. The van der Waals surface area contributed by atoms with Crippen molar-refractivity contribution in [1.82, 2.24) is 4.98 Å². The van der Waals surface area contributed by atoms with Gasteiger partial charge in [0.2, 0.25) is 0 Å². The maximum absolute atomic E-state index is 12.9. The van der Waals surface area contributed by atoms with Gasteiger partial charge in [0.05, 0.1) is 17.7 Å². The SMILES string of the molecule is CCOC(=O)c1csc(NC(=O)c2ccccc2C(F)(F)F)n1. The minimum Gasteiger partial charge on any atom is -0.461 e. The zero-order valence-electron chi connectivity index (χ0n) is 11.8. The number of carbonyl (C=O) groups is 2. The van der Waals surface area contributed by atoms with E-state index in [-0.39, 0.29) is 17.4 Å². The van der Waals surface area contributed by atoms with Crippen LogP contribution in [0.5, 0.6) is 0 Å². The van der Waals surface area contributed by atoms with Crippen LogP contribution in [-0.4, -0.2) is 23.5 Å². The number of nitrogens with one attached hydrogen (secondary N) is 1. The van der Waals surface area contributed by atoms with E-state index in [1.54, 1.807) is 6.92 Å². The number of alkyl halides is 3. The van der Waals surface area contributed by atoms with Crippen molar-refractivity contribution >= 4 is 28.3 Å². The molecular formula is C14H11F3N2O3S. The number of esters is 1. The maximum atomic E-state index is 12.9. The minimum absolute atomic E-state index is 0.00929. The molecule has 1 N–H and O–H groups in total. The van der Waals surface area contributed by atoms with Crippen molar-refractivity contribution in [2.75, 3.05) is 11.9 Å². The maximum Gasteiger partial charge on any atom is 0.417 e. The molecule has 0 aliphatic heterocycles. The smallest absolute Gasteiger partial charge is 0.417 e. The summed E-state index contributed by atoms with van der Waals surface area (Å²) < 4.78 is 43.4. The van der Waals surface area contributed by atoms with Gasteiger partial charge in [-0.15, -0.1) is 11.3 Å². The van der Waals surface area contributed by atoms with E-state index < -0.39 is 29.2 Å². The molecule has 1 heterocycles. The van der Waals surface area contributed by atoms with E-state index in [2.05, 4.69) is 10.3 Å². The van der Waals surface area contributed by atoms with E-state index in [9.17, 15) is 22.8 Å². The third-order valence-corrected chi connectivity index (χ3v) is 3.44. The molecule has 122 valence electrons. The van der Waals surface area contributed by atoms with Gasteiger partial charge < -0.3 is 4.74 Å². The number of amides is 1. The van der Waals surface area contributed by atoms with Gasteiger partial charge in [-0.05, 0) is 19.1 Å². The van der Waals surface area contributed by atoms with E-state index in [0.717, 1.165) is 23.5 Å². The molecule has 2 aromatic rings. The number of nitrogens with zero attached hydrogens (tertiary/aromatic N) is 1. The molecule has 0 atom stereocenters.